The van der Waals surface area contributed by atoms with Crippen LogP contribution in [-0.2, 0) is 14.3 Å². The van der Waals surface area contributed by atoms with E-state index in [-0.39, 0.29) is 18.2 Å². The quantitative estimate of drug-likeness (QED) is 0.520. The van der Waals surface area contributed by atoms with Crippen LogP contribution in [0.5, 0.6) is 23.0 Å². The first-order chi connectivity index (χ1) is 14.4. The van der Waals surface area contributed by atoms with Crippen LogP contribution in [-0.4, -0.2) is 45.7 Å². The van der Waals surface area contributed by atoms with Gasteiger partial charge in [-0.25, -0.2) is 9.79 Å². The second-order valence-corrected chi connectivity index (χ2v) is 6.10. The Labute approximate surface area is 172 Å². The van der Waals surface area contributed by atoms with E-state index in [0.717, 1.165) is 0 Å². The van der Waals surface area contributed by atoms with Crippen molar-refractivity contribution < 1.29 is 33.3 Å². The lowest BCUT2D eigenvalue weighted by atomic mass is 10.1. The lowest BCUT2D eigenvalue weighted by Crippen LogP contribution is -2.20. The van der Waals surface area contributed by atoms with E-state index in [1.807, 2.05) is 0 Å². The molecule has 156 valence electrons. The molecule has 2 aromatic rings. The summed E-state index contributed by atoms with van der Waals surface area (Å²) in [5.41, 5.74) is 6.36. The number of esters is 1. The summed E-state index contributed by atoms with van der Waals surface area (Å²) in [7, 11) is 4.51. The number of hydrogen-bond donors (Lipinski definition) is 1. The second kappa shape index (κ2) is 8.99. The third-order valence-corrected chi connectivity index (χ3v) is 4.08. The van der Waals surface area contributed by atoms with Crippen molar-refractivity contribution in [3.63, 3.8) is 0 Å². The van der Waals surface area contributed by atoms with Gasteiger partial charge in [-0.15, -0.1) is 0 Å². The number of methoxy groups -OCH3 is 3. The molecule has 0 saturated carbocycles. The summed E-state index contributed by atoms with van der Waals surface area (Å²) in [5, 5.41) is 0. The van der Waals surface area contributed by atoms with Gasteiger partial charge in [-0.1, -0.05) is 6.07 Å². The maximum absolute atomic E-state index is 12.3. The zero-order valence-electron chi connectivity index (χ0n) is 16.6. The van der Waals surface area contributed by atoms with Crippen LogP contribution in [0.1, 0.15) is 11.1 Å². The molecule has 1 amide bonds. The minimum absolute atomic E-state index is 0.111. The largest absolute Gasteiger partial charge is 0.497 e. The standard InChI is InChI=1S/C21H20N2O7/c1-26-14-8-13(9-15(10-14)27-2)20-23-16(21(25)30-20)6-12-4-5-17(18(7-12)28-3)29-11-19(22)24/h4-10H,11H2,1-3H3,(H2,22,24)/b16-6+. The van der Waals surface area contributed by atoms with E-state index in [1.165, 1.54) is 21.3 Å². The van der Waals surface area contributed by atoms with Crippen LogP contribution >= 0.6 is 0 Å². The van der Waals surface area contributed by atoms with Crippen LogP contribution in [0, 0.1) is 0 Å². The van der Waals surface area contributed by atoms with Crippen molar-refractivity contribution in [3.05, 3.63) is 53.2 Å². The van der Waals surface area contributed by atoms with Crippen molar-refractivity contribution in [1.29, 1.82) is 0 Å². The molecule has 0 spiro atoms. The van der Waals surface area contributed by atoms with E-state index >= 15 is 0 Å². The lowest BCUT2D eigenvalue weighted by molar-refractivity contribution is -0.130. The number of primary amides is 1. The van der Waals surface area contributed by atoms with E-state index in [2.05, 4.69) is 4.99 Å². The summed E-state index contributed by atoms with van der Waals surface area (Å²) in [4.78, 5) is 27.5. The molecule has 9 nitrogen and oxygen atoms in total. The number of amides is 1. The van der Waals surface area contributed by atoms with Gasteiger partial charge >= 0.3 is 5.97 Å². The van der Waals surface area contributed by atoms with Crippen molar-refractivity contribution in [2.45, 2.75) is 0 Å². The highest BCUT2D eigenvalue weighted by atomic mass is 16.6. The van der Waals surface area contributed by atoms with Crippen LogP contribution in [0.3, 0.4) is 0 Å². The lowest BCUT2D eigenvalue weighted by Gasteiger charge is -2.09. The maximum Gasteiger partial charge on any atom is 0.363 e. The monoisotopic (exact) mass is 412 g/mol. The zero-order valence-corrected chi connectivity index (χ0v) is 16.6. The molecule has 0 saturated heterocycles. The third-order valence-electron chi connectivity index (χ3n) is 4.08. The molecule has 3 rings (SSSR count). The van der Waals surface area contributed by atoms with Gasteiger partial charge in [0.15, 0.2) is 23.8 Å². The first kappa shape index (κ1) is 20.7. The average molecular weight is 412 g/mol. The molecule has 2 aromatic carbocycles. The Hall–Kier alpha value is -4.01. The van der Waals surface area contributed by atoms with Crippen molar-refractivity contribution >= 4 is 23.9 Å². The summed E-state index contributed by atoms with van der Waals surface area (Å²) in [5.74, 6) is 0.733. The predicted octanol–water partition coefficient (Wildman–Crippen LogP) is 1.92. The average Bonchev–Trinajstić information content (AvgIpc) is 3.12. The first-order valence-electron chi connectivity index (χ1n) is 8.78. The Balaban J connectivity index is 1.90. The molecule has 1 heterocycles. The molecule has 1 aliphatic heterocycles. The minimum Gasteiger partial charge on any atom is -0.497 e. The Kier molecular flexibility index (Phi) is 6.21. The van der Waals surface area contributed by atoms with Gasteiger partial charge < -0.3 is 29.4 Å². The van der Waals surface area contributed by atoms with Gasteiger partial charge in [0.1, 0.15) is 11.5 Å². The Morgan fingerprint density at radius 3 is 2.33 bits per heavy atom. The number of carbonyl (C=O) groups is 2. The maximum atomic E-state index is 12.3. The smallest absolute Gasteiger partial charge is 0.363 e. The molecule has 0 fully saturated rings. The number of nitrogens with two attached hydrogens (primary N) is 1. The molecule has 0 aliphatic carbocycles. The number of rotatable bonds is 8. The molecule has 30 heavy (non-hydrogen) atoms. The Bertz CT molecular complexity index is 1020. The zero-order chi connectivity index (χ0) is 21.7. The van der Waals surface area contributed by atoms with Crippen molar-refractivity contribution in [1.82, 2.24) is 0 Å². The molecule has 0 atom stereocenters. The van der Waals surface area contributed by atoms with Gasteiger partial charge in [0.05, 0.1) is 21.3 Å². The minimum atomic E-state index is -0.604. The summed E-state index contributed by atoms with van der Waals surface area (Å²) in [6.07, 6.45) is 1.55. The topological polar surface area (TPSA) is 119 Å². The number of nitrogens with zero attached hydrogens (tertiary/aromatic N) is 1. The second-order valence-electron chi connectivity index (χ2n) is 6.10. The van der Waals surface area contributed by atoms with Gasteiger partial charge in [0.25, 0.3) is 5.91 Å². The van der Waals surface area contributed by atoms with Crippen LogP contribution in [0.4, 0.5) is 0 Å². The Morgan fingerprint density at radius 2 is 1.73 bits per heavy atom. The highest BCUT2D eigenvalue weighted by Gasteiger charge is 2.25. The number of cyclic esters (lactones) is 1. The third kappa shape index (κ3) is 4.69. The first-order valence-corrected chi connectivity index (χ1v) is 8.78. The number of hydrogen-bond acceptors (Lipinski definition) is 8. The number of ether oxygens (including phenoxy) is 5. The highest BCUT2D eigenvalue weighted by Crippen LogP contribution is 2.30. The molecule has 0 aromatic heterocycles. The van der Waals surface area contributed by atoms with Gasteiger partial charge in [-0.2, -0.15) is 0 Å². The van der Waals surface area contributed by atoms with E-state index in [4.69, 9.17) is 29.4 Å². The van der Waals surface area contributed by atoms with Gasteiger partial charge in [-0.05, 0) is 35.9 Å². The van der Waals surface area contributed by atoms with Crippen molar-refractivity contribution in [2.24, 2.45) is 10.7 Å². The van der Waals surface area contributed by atoms with E-state index in [0.29, 0.717) is 34.1 Å². The fourth-order valence-corrected chi connectivity index (χ4v) is 2.66. The van der Waals surface area contributed by atoms with Gasteiger partial charge in [0, 0.05) is 11.6 Å². The summed E-state index contributed by atoms with van der Waals surface area (Å²) in [6, 6.07) is 9.99. The summed E-state index contributed by atoms with van der Waals surface area (Å²) >= 11 is 0. The molecule has 2 N–H and O–H groups in total. The van der Waals surface area contributed by atoms with Crippen LogP contribution in [0.2, 0.25) is 0 Å². The molecular weight excluding hydrogens is 392 g/mol. The van der Waals surface area contributed by atoms with Gasteiger partial charge in [-0.3, -0.25) is 4.79 Å². The highest BCUT2D eigenvalue weighted by molar-refractivity contribution is 6.13. The fourth-order valence-electron chi connectivity index (χ4n) is 2.66. The van der Waals surface area contributed by atoms with Crippen molar-refractivity contribution in [3.8, 4) is 23.0 Å². The fraction of sp³-hybridized carbons (Fsp3) is 0.190. The molecule has 0 unspecified atom stereocenters. The molecule has 0 radical (unpaired) electrons. The van der Waals surface area contributed by atoms with Crippen LogP contribution < -0.4 is 24.7 Å². The summed E-state index contributed by atoms with van der Waals surface area (Å²) in [6.45, 7) is -0.277. The normalized spacial score (nSPS) is 14.2. The number of carbonyl (C=O) groups excluding carboxylic acids is 2. The van der Waals surface area contributed by atoms with E-state index in [9.17, 15) is 9.59 Å². The molecule has 9 heteroatoms. The van der Waals surface area contributed by atoms with Crippen molar-refractivity contribution in [2.75, 3.05) is 27.9 Å². The number of benzene rings is 2. The summed E-state index contributed by atoms with van der Waals surface area (Å²) < 4.78 is 26.3. The predicted molar refractivity (Wildman–Crippen MR) is 108 cm³/mol. The van der Waals surface area contributed by atoms with E-state index < -0.39 is 11.9 Å². The molecule has 1 aliphatic rings. The molecular formula is C21H20N2O7. The molecule has 0 bridgehead atoms. The van der Waals surface area contributed by atoms with E-state index in [1.54, 1.807) is 42.5 Å². The number of aliphatic imine (C=N–C) groups is 1. The van der Waals surface area contributed by atoms with Crippen LogP contribution in [0.15, 0.2) is 47.1 Å². The van der Waals surface area contributed by atoms with Gasteiger partial charge in [0.2, 0.25) is 5.90 Å². The van der Waals surface area contributed by atoms with Crippen LogP contribution in [0.25, 0.3) is 6.08 Å². The SMILES string of the molecule is COc1cc(OC)cc(C2=N/C(=C/c3ccc(OCC(N)=O)c(OC)c3)C(=O)O2)c1. The Morgan fingerprint density at radius 1 is 1.03 bits per heavy atom.